The summed E-state index contributed by atoms with van der Waals surface area (Å²) in [6.45, 7) is 3.48. The summed E-state index contributed by atoms with van der Waals surface area (Å²) in [5.41, 5.74) is 1.24. The molecule has 2 aromatic rings. The lowest BCUT2D eigenvalue weighted by Crippen LogP contribution is -2.16. The third-order valence-corrected chi connectivity index (χ3v) is 3.51. The van der Waals surface area contributed by atoms with Crippen LogP contribution in [0.4, 0.5) is 0 Å². The highest BCUT2D eigenvalue weighted by molar-refractivity contribution is 9.10. The summed E-state index contributed by atoms with van der Waals surface area (Å²) in [6.07, 6.45) is 0. The van der Waals surface area contributed by atoms with E-state index < -0.39 is 0 Å². The van der Waals surface area contributed by atoms with Crippen LogP contribution in [-0.2, 0) is 20.1 Å². The molecule has 0 bridgehead atoms. The number of nitrogens with zero attached hydrogens (tertiary/aromatic N) is 3. The highest BCUT2D eigenvalue weighted by atomic mass is 79.9. The second-order valence-electron chi connectivity index (χ2n) is 3.92. The molecule has 0 aliphatic heterocycles. The highest BCUT2D eigenvalue weighted by Crippen LogP contribution is 2.15. The van der Waals surface area contributed by atoms with E-state index in [0.717, 1.165) is 29.2 Å². The Morgan fingerprint density at radius 3 is 2.65 bits per heavy atom. The Balaban J connectivity index is 1.92. The fourth-order valence-electron chi connectivity index (χ4n) is 1.56. The van der Waals surface area contributed by atoms with Crippen molar-refractivity contribution < 1.29 is 0 Å². The number of benzene rings is 1. The number of aromatic nitrogens is 3. The van der Waals surface area contributed by atoms with Gasteiger partial charge in [0.15, 0.2) is 0 Å². The van der Waals surface area contributed by atoms with Gasteiger partial charge in [-0.2, -0.15) is 0 Å². The van der Waals surface area contributed by atoms with Gasteiger partial charge in [-0.3, -0.25) is 0 Å². The van der Waals surface area contributed by atoms with Crippen LogP contribution < -0.4 is 5.32 Å². The zero-order valence-corrected chi connectivity index (χ0v) is 11.5. The molecule has 0 unspecified atom stereocenters. The maximum absolute atomic E-state index is 4.11. The van der Waals surface area contributed by atoms with Crippen molar-refractivity contribution in [3.63, 3.8) is 0 Å². The van der Waals surface area contributed by atoms with Gasteiger partial charge in [-0.25, -0.2) is 0 Å². The second kappa shape index (κ2) is 5.42. The normalized spacial score (nSPS) is 10.8. The lowest BCUT2D eigenvalue weighted by atomic mass is 10.2. The Bertz CT molecular complexity index is 507. The van der Waals surface area contributed by atoms with Crippen LogP contribution >= 0.6 is 15.9 Å². The van der Waals surface area contributed by atoms with E-state index >= 15 is 0 Å². The van der Waals surface area contributed by atoms with Crippen LogP contribution in [0.3, 0.4) is 0 Å². The molecule has 4 nitrogen and oxygen atoms in total. The maximum Gasteiger partial charge on any atom is 0.146 e. The van der Waals surface area contributed by atoms with Gasteiger partial charge in [0.1, 0.15) is 11.6 Å². The minimum Gasteiger partial charge on any atom is -0.317 e. The van der Waals surface area contributed by atoms with Gasteiger partial charge in [-0.1, -0.05) is 34.1 Å². The minimum atomic E-state index is 0.721. The standard InChI is InChI=1S/C12H15BrN4/c1-9-15-16-12(17(9)2)8-14-7-10-5-3-4-6-11(10)13/h3-6,14H,7-8H2,1-2H3. The SMILES string of the molecule is Cc1nnc(CNCc2ccccc2Br)n1C. The second-order valence-corrected chi connectivity index (χ2v) is 4.77. The molecule has 1 aromatic heterocycles. The Hall–Kier alpha value is -1.20. The van der Waals surface area contributed by atoms with Gasteiger partial charge < -0.3 is 9.88 Å². The minimum absolute atomic E-state index is 0.721. The average Bonchev–Trinajstić information content (AvgIpc) is 2.63. The van der Waals surface area contributed by atoms with Crippen LogP contribution in [0.5, 0.6) is 0 Å². The average molecular weight is 295 g/mol. The van der Waals surface area contributed by atoms with Crippen molar-refractivity contribution in [3.05, 3.63) is 46.0 Å². The molecule has 0 aliphatic rings. The van der Waals surface area contributed by atoms with Crippen molar-refractivity contribution in [2.24, 2.45) is 7.05 Å². The Morgan fingerprint density at radius 1 is 1.24 bits per heavy atom. The topological polar surface area (TPSA) is 42.7 Å². The molecule has 0 spiro atoms. The molecule has 0 saturated carbocycles. The molecule has 5 heteroatoms. The van der Waals surface area contributed by atoms with Crippen molar-refractivity contribution in [1.29, 1.82) is 0 Å². The number of hydrogen-bond acceptors (Lipinski definition) is 3. The van der Waals surface area contributed by atoms with E-state index in [-0.39, 0.29) is 0 Å². The molecule has 1 heterocycles. The largest absolute Gasteiger partial charge is 0.317 e. The first-order valence-corrected chi connectivity index (χ1v) is 6.27. The van der Waals surface area contributed by atoms with Crippen molar-refractivity contribution in [1.82, 2.24) is 20.1 Å². The number of aryl methyl sites for hydroxylation is 1. The summed E-state index contributed by atoms with van der Waals surface area (Å²) in [5.74, 6) is 1.89. The predicted molar refractivity (Wildman–Crippen MR) is 70.4 cm³/mol. The van der Waals surface area contributed by atoms with Crippen LogP contribution in [0, 0.1) is 6.92 Å². The van der Waals surface area contributed by atoms with Crippen LogP contribution in [0.2, 0.25) is 0 Å². The molecule has 1 N–H and O–H groups in total. The number of hydrogen-bond donors (Lipinski definition) is 1. The summed E-state index contributed by atoms with van der Waals surface area (Å²) in [4.78, 5) is 0. The van der Waals surface area contributed by atoms with E-state index in [1.807, 2.05) is 36.7 Å². The smallest absolute Gasteiger partial charge is 0.146 e. The van der Waals surface area contributed by atoms with Gasteiger partial charge in [-0.05, 0) is 18.6 Å². The summed E-state index contributed by atoms with van der Waals surface area (Å²) in [7, 11) is 1.98. The number of nitrogens with one attached hydrogen (secondary N) is 1. The number of halogens is 1. The van der Waals surface area contributed by atoms with Gasteiger partial charge >= 0.3 is 0 Å². The molecule has 0 fully saturated rings. The zero-order chi connectivity index (χ0) is 12.3. The Morgan fingerprint density at radius 2 is 2.00 bits per heavy atom. The van der Waals surface area contributed by atoms with E-state index in [9.17, 15) is 0 Å². The summed E-state index contributed by atoms with van der Waals surface area (Å²) >= 11 is 3.53. The molecular weight excluding hydrogens is 280 g/mol. The first kappa shape index (κ1) is 12.3. The molecule has 0 amide bonds. The van der Waals surface area contributed by atoms with E-state index in [1.54, 1.807) is 0 Å². The maximum atomic E-state index is 4.11. The lowest BCUT2D eigenvalue weighted by Gasteiger charge is -2.06. The molecule has 0 saturated heterocycles. The molecule has 2 rings (SSSR count). The van der Waals surface area contributed by atoms with Gasteiger partial charge in [0.2, 0.25) is 0 Å². The van der Waals surface area contributed by atoms with Crippen molar-refractivity contribution in [2.75, 3.05) is 0 Å². The summed E-state index contributed by atoms with van der Waals surface area (Å²) < 4.78 is 3.12. The van der Waals surface area contributed by atoms with Gasteiger partial charge in [0, 0.05) is 18.1 Å². The van der Waals surface area contributed by atoms with E-state index in [4.69, 9.17) is 0 Å². The van der Waals surface area contributed by atoms with Gasteiger partial charge in [0.25, 0.3) is 0 Å². The van der Waals surface area contributed by atoms with E-state index in [1.165, 1.54) is 5.56 Å². The zero-order valence-electron chi connectivity index (χ0n) is 9.94. The van der Waals surface area contributed by atoms with Crippen molar-refractivity contribution in [3.8, 4) is 0 Å². The molecule has 0 atom stereocenters. The fourth-order valence-corrected chi connectivity index (χ4v) is 1.98. The molecule has 1 aromatic carbocycles. The number of rotatable bonds is 4. The first-order chi connectivity index (χ1) is 8.18. The van der Waals surface area contributed by atoms with Crippen LogP contribution in [0.25, 0.3) is 0 Å². The van der Waals surface area contributed by atoms with E-state index in [0.29, 0.717) is 0 Å². The monoisotopic (exact) mass is 294 g/mol. The fraction of sp³-hybridized carbons (Fsp3) is 0.333. The predicted octanol–water partition coefficient (Wildman–Crippen LogP) is 2.18. The van der Waals surface area contributed by atoms with Gasteiger partial charge in [-0.15, -0.1) is 10.2 Å². The van der Waals surface area contributed by atoms with Crippen molar-refractivity contribution >= 4 is 15.9 Å². The van der Waals surface area contributed by atoms with Crippen LogP contribution in [-0.4, -0.2) is 14.8 Å². The van der Waals surface area contributed by atoms with Crippen molar-refractivity contribution in [2.45, 2.75) is 20.0 Å². The molecular formula is C12H15BrN4. The van der Waals surface area contributed by atoms with Crippen LogP contribution in [0.1, 0.15) is 17.2 Å². The highest BCUT2D eigenvalue weighted by Gasteiger charge is 2.04. The quantitative estimate of drug-likeness (QED) is 0.940. The third kappa shape index (κ3) is 2.92. The van der Waals surface area contributed by atoms with E-state index in [2.05, 4.69) is 37.5 Å². The molecule has 17 heavy (non-hydrogen) atoms. The summed E-state index contributed by atoms with van der Waals surface area (Å²) in [5, 5.41) is 11.5. The Labute approximate surface area is 109 Å². The van der Waals surface area contributed by atoms with Crippen LogP contribution in [0.15, 0.2) is 28.7 Å². The lowest BCUT2D eigenvalue weighted by molar-refractivity contribution is 0.633. The molecule has 0 radical (unpaired) electrons. The third-order valence-electron chi connectivity index (χ3n) is 2.74. The molecule has 0 aliphatic carbocycles. The first-order valence-electron chi connectivity index (χ1n) is 5.47. The van der Waals surface area contributed by atoms with Gasteiger partial charge in [0.05, 0.1) is 6.54 Å². The summed E-state index contributed by atoms with van der Waals surface area (Å²) in [6, 6.07) is 8.19. The Kier molecular flexibility index (Phi) is 3.91. The molecule has 90 valence electrons.